The molecule has 0 spiro atoms. The van der Waals surface area contributed by atoms with E-state index in [2.05, 4.69) is 18.9 Å². The quantitative estimate of drug-likeness (QED) is 0.685. The highest BCUT2D eigenvalue weighted by molar-refractivity contribution is 6.20. The lowest BCUT2D eigenvalue weighted by Gasteiger charge is -2.09. The van der Waals surface area contributed by atoms with Crippen molar-refractivity contribution in [2.24, 2.45) is 5.92 Å². The normalized spacial score (nSPS) is 15.4. The first kappa shape index (κ1) is 11.6. The maximum absolute atomic E-state index is 5.96. The van der Waals surface area contributed by atoms with Crippen LogP contribution in [0.5, 0.6) is 0 Å². The van der Waals surface area contributed by atoms with Gasteiger partial charge in [-0.15, -0.1) is 11.6 Å². The second-order valence-electron chi connectivity index (χ2n) is 4.01. The van der Waals surface area contributed by atoms with Crippen LogP contribution in [0.3, 0.4) is 0 Å². The molecule has 3 heteroatoms. The van der Waals surface area contributed by atoms with Crippen molar-refractivity contribution in [2.75, 3.05) is 0 Å². The number of alkyl halides is 1. The molecule has 2 atom stereocenters. The molecule has 0 bridgehead atoms. The van der Waals surface area contributed by atoms with Crippen LogP contribution in [-0.2, 0) is 6.54 Å². The van der Waals surface area contributed by atoms with Gasteiger partial charge in [0, 0.05) is 18.3 Å². The monoisotopic (exact) mass is 214 g/mol. The fourth-order valence-corrected chi connectivity index (χ4v) is 1.70. The fourth-order valence-electron chi connectivity index (χ4n) is 1.59. The Kier molecular flexibility index (Phi) is 4.46. The average molecular weight is 215 g/mol. The van der Waals surface area contributed by atoms with Crippen molar-refractivity contribution < 1.29 is 0 Å². The van der Waals surface area contributed by atoms with E-state index in [0.717, 1.165) is 12.1 Å². The molecular formula is C11H19ClN2. The van der Waals surface area contributed by atoms with Crippen molar-refractivity contribution in [3.8, 4) is 0 Å². The van der Waals surface area contributed by atoms with E-state index in [4.69, 9.17) is 11.6 Å². The molecule has 80 valence electrons. The van der Waals surface area contributed by atoms with Gasteiger partial charge in [0.1, 0.15) is 0 Å². The highest BCUT2D eigenvalue weighted by Crippen LogP contribution is 2.18. The second-order valence-corrected chi connectivity index (χ2v) is 4.66. The van der Waals surface area contributed by atoms with Crippen molar-refractivity contribution in [1.82, 2.24) is 9.78 Å². The van der Waals surface area contributed by atoms with Crippen molar-refractivity contribution in [3.63, 3.8) is 0 Å². The zero-order valence-corrected chi connectivity index (χ0v) is 9.96. The van der Waals surface area contributed by atoms with Gasteiger partial charge in [-0.1, -0.05) is 20.3 Å². The van der Waals surface area contributed by atoms with Crippen LogP contribution in [0.4, 0.5) is 0 Å². The number of hydrogen-bond donors (Lipinski definition) is 0. The van der Waals surface area contributed by atoms with Crippen LogP contribution >= 0.6 is 11.6 Å². The minimum Gasteiger partial charge on any atom is -0.272 e. The molecule has 14 heavy (non-hydrogen) atoms. The summed E-state index contributed by atoms with van der Waals surface area (Å²) < 4.78 is 1.99. The molecule has 2 nitrogen and oxygen atoms in total. The van der Waals surface area contributed by atoms with Crippen LogP contribution in [-0.4, -0.2) is 9.78 Å². The smallest absolute Gasteiger partial charge is 0.0588 e. The highest BCUT2D eigenvalue weighted by atomic mass is 35.5. The largest absolute Gasteiger partial charge is 0.272 e. The van der Waals surface area contributed by atoms with Gasteiger partial charge in [0.25, 0.3) is 0 Å². The Balaban J connectivity index is 2.51. The molecule has 1 heterocycles. The molecular weight excluding hydrogens is 196 g/mol. The van der Waals surface area contributed by atoms with Crippen molar-refractivity contribution in [1.29, 1.82) is 0 Å². The molecule has 2 unspecified atom stereocenters. The van der Waals surface area contributed by atoms with Gasteiger partial charge in [-0.05, 0) is 19.3 Å². The first-order chi connectivity index (χ1) is 6.63. The van der Waals surface area contributed by atoms with Gasteiger partial charge >= 0.3 is 0 Å². The zero-order chi connectivity index (χ0) is 10.6. The summed E-state index contributed by atoms with van der Waals surface area (Å²) in [6.45, 7) is 7.44. The number of nitrogens with zero attached hydrogens (tertiary/aromatic N) is 2. The van der Waals surface area contributed by atoms with E-state index < -0.39 is 0 Å². The zero-order valence-electron chi connectivity index (χ0n) is 9.20. The summed E-state index contributed by atoms with van der Waals surface area (Å²) in [7, 11) is 0. The second kappa shape index (κ2) is 5.40. The molecule has 1 aromatic rings. The summed E-state index contributed by atoms with van der Waals surface area (Å²) >= 11 is 5.96. The number of aromatic nitrogens is 2. The molecule has 0 amide bonds. The third kappa shape index (κ3) is 3.33. The van der Waals surface area contributed by atoms with Crippen LogP contribution in [0.2, 0.25) is 0 Å². The first-order valence-corrected chi connectivity index (χ1v) is 5.73. The molecule has 1 aromatic heterocycles. The number of rotatable bonds is 5. The lowest BCUT2D eigenvalue weighted by atomic mass is 10.1. The van der Waals surface area contributed by atoms with E-state index >= 15 is 0 Å². The Labute approximate surface area is 91.3 Å². The summed E-state index contributed by atoms with van der Waals surface area (Å²) in [6.07, 6.45) is 6.40. The summed E-state index contributed by atoms with van der Waals surface area (Å²) in [5, 5.41) is 4.35. The van der Waals surface area contributed by atoms with Crippen LogP contribution in [0.1, 0.15) is 44.6 Å². The number of halogens is 1. The minimum atomic E-state index is 0.0604. The van der Waals surface area contributed by atoms with Gasteiger partial charge in [-0.25, -0.2) is 0 Å². The molecule has 0 aliphatic rings. The van der Waals surface area contributed by atoms with Crippen molar-refractivity contribution >= 4 is 11.6 Å². The van der Waals surface area contributed by atoms with E-state index in [1.165, 1.54) is 12.8 Å². The van der Waals surface area contributed by atoms with Crippen LogP contribution in [0.15, 0.2) is 12.4 Å². The van der Waals surface area contributed by atoms with Gasteiger partial charge in [0.2, 0.25) is 0 Å². The molecule has 0 N–H and O–H groups in total. The van der Waals surface area contributed by atoms with Crippen LogP contribution in [0, 0.1) is 5.92 Å². The molecule has 0 saturated carbocycles. The van der Waals surface area contributed by atoms with Crippen LogP contribution in [0.25, 0.3) is 0 Å². The predicted molar refractivity (Wildman–Crippen MR) is 60.6 cm³/mol. The fraction of sp³-hybridized carbons (Fsp3) is 0.727. The standard InChI is InChI=1S/C11H19ClN2/c1-4-5-9(2)7-14-8-11(6-13-14)10(3)12/h6,8-10H,4-5,7H2,1-3H3. The van der Waals surface area contributed by atoms with Gasteiger partial charge < -0.3 is 0 Å². The predicted octanol–water partition coefficient (Wildman–Crippen LogP) is 3.62. The summed E-state index contributed by atoms with van der Waals surface area (Å²) in [5.41, 5.74) is 1.11. The number of hydrogen-bond acceptors (Lipinski definition) is 1. The van der Waals surface area contributed by atoms with Crippen LogP contribution < -0.4 is 0 Å². The maximum atomic E-state index is 5.96. The SMILES string of the molecule is CCCC(C)Cn1cc(C(C)Cl)cn1. The molecule has 0 aliphatic heterocycles. The van der Waals surface area contributed by atoms with E-state index in [1.807, 2.05) is 24.0 Å². The Bertz CT molecular complexity index is 268. The van der Waals surface area contributed by atoms with Gasteiger partial charge in [-0.2, -0.15) is 5.10 Å². The minimum absolute atomic E-state index is 0.0604. The molecule has 0 saturated heterocycles. The molecule has 1 rings (SSSR count). The molecule has 0 fully saturated rings. The van der Waals surface area contributed by atoms with E-state index in [1.54, 1.807) is 0 Å². The molecule has 0 aliphatic carbocycles. The third-order valence-corrected chi connectivity index (χ3v) is 2.64. The summed E-state index contributed by atoms with van der Waals surface area (Å²) in [4.78, 5) is 0. The van der Waals surface area contributed by atoms with Gasteiger partial charge in [-0.3, -0.25) is 4.68 Å². The van der Waals surface area contributed by atoms with Gasteiger partial charge in [0.05, 0.1) is 11.6 Å². The van der Waals surface area contributed by atoms with Gasteiger partial charge in [0.15, 0.2) is 0 Å². The van der Waals surface area contributed by atoms with E-state index in [9.17, 15) is 0 Å². The molecule has 0 radical (unpaired) electrons. The summed E-state index contributed by atoms with van der Waals surface area (Å²) in [5.74, 6) is 0.693. The molecule has 0 aromatic carbocycles. The third-order valence-electron chi connectivity index (χ3n) is 2.39. The first-order valence-electron chi connectivity index (χ1n) is 5.30. The van der Waals surface area contributed by atoms with E-state index in [-0.39, 0.29) is 5.38 Å². The average Bonchev–Trinajstić information content (AvgIpc) is 2.53. The highest BCUT2D eigenvalue weighted by Gasteiger charge is 2.06. The van der Waals surface area contributed by atoms with E-state index in [0.29, 0.717) is 5.92 Å². The lowest BCUT2D eigenvalue weighted by molar-refractivity contribution is 0.420. The summed E-state index contributed by atoms with van der Waals surface area (Å²) in [6, 6.07) is 0. The lowest BCUT2D eigenvalue weighted by Crippen LogP contribution is -2.07. The maximum Gasteiger partial charge on any atom is 0.0588 e. The Hall–Kier alpha value is -0.500. The Morgan fingerprint density at radius 2 is 2.21 bits per heavy atom. The van der Waals surface area contributed by atoms with Crippen molar-refractivity contribution in [3.05, 3.63) is 18.0 Å². The Morgan fingerprint density at radius 1 is 1.50 bits per heavy atom. The van der Waals surface area contributed by atoms with Crippen molar-refractivity contribution in [2.45, 2.75) is 45.5 Å². The Morgan fingerprint density at radius 3 is 2.71 bits per heavy atom. The topological polar surface area (TPSA) is 17.8 Å².